The summed E-state index contributed by atoms with van der Waals surface area (Å²) in [7, 11) is 0. The zero-order valence-corrected chi connectivity index (χ0v) is 14.2. The van der Waals surface area contributed by atoms with Crippen LogP contribution in [0.5, 0.6) is 11.5 Å². The summed E-state index contributed by atoms with van der Waals surface area (Å²) in [5.41, 5.74) is 1.05. The van der Waals surface area contributed by atoms with E-state index >= 15 is 0 Å². The first-order valence-electron chi connectivity index (χ1n) is 7.81. The van der Waals surface area contributed by atoms with Gasteiger partial charge < -0.3 is 14.8 Å². The van der Waals surface area contributed by atoms with E-state index in [1.54, 1.807) is 5.01 Å². The van der Waals surface area contributed by atoms with Gasteiger partial charge in [0.05, 0.1) is 0 Å². The van der Waals surface area contributed by atoms with Crippen LogP contribution in [-0.4, -0.2) is 40.9 Å². The van der Waals surface area contributed by atoms with Crippen molar-refractivity contribution in [1.82, 2.24) is 15.3 Å². The third-order valence-corrected chi connectivity index (χ3v) is 4.25. The summed E-state index contributed by atoms with van der Waals surface area (Å²) in [6.45, 7) is 6.15. The van der Waals surface area contributed by atoms with E-state index in [1.807, 2.05) is 37.1 Å². The summed E-state index contributed by atoms with van der Waals surface area (Å²) in [6.07, 6.45) is 0.935. The van der Waals surface area contributed by atoms with Gasteiger partial charge in [0.15, 0.2) is 16.6 Å². The molecule has 0 atom stereocenters. The number of fused-ring (bicyclic) bond motifs is 1. The number of nitrogens with zero attached hydrogens (tertiary/aromatic N) is 2. The molecule has 2 aliphatic heterocycles. The van der Waals surface area contributed by atoms with Crippen molar-refractivity contribution in [3.63, 3.8) is 0 Å². The largest absolute Gasteiger partial charge is 0.454 e. The summed E-state index contributed by atoms with van der Waals surface area (Å²) >= 11 is 5.46. The second-order valence-corrected chi connectivity index (χ2v) is 6.33. The monoisotopic (exact) mass is 335 g/mol. The first-order valence-corrected chi connectivity index (χ1v) is 8.22. The molecule has 0 radical (unpaired) electrons. The number of hydrogen-bond acceptors (Lipinski definition) is 4. The van der Waals surface area contributed by atoms with Gasteiger partial charge in [0.1, 0.15) is 0 Å². The van der Waals surface area contributed by atoms with Crippen LogP contribution >= 0.6 is 12.2 Å². The number of nitrogens with one attached hydrogen (secondary N) is 1. The van der Waals surface area contributed by atoms with Gasteiger partial charge in [0.25, 0.3) is 0 Å². The van der Waals surface area contributed by atoms with Crippen LogP contribution in [0.3, 0.4) is 0 Å². The Labute approximate surface area is 141 Å². The minimum absolute atomic E-state index is 0.0349. The molecule has 2 aliphatic rings. The van der Waals surface area contributed by atoms with Gasteiger partial charge in [-0.05, 0) is 36.3 Å². The standard InChI is InChI=1S/C16H21N3O3S/c1-11(2)15(20)18-6-3-7-19(18)16(23)17-9-12-4-5-13-14(8-12)22-10-21-13/h4-5,8,11H,3,6-7,9-10H2,1-2H3,(H,17,23). The topological polar surface area (TPSA) is 54.0 Å². The molecule has 0 aromatic heterocycles. The Kier molecular flexibility index (Phi) is 4.56. The third-order valence-electron chi connectivity index (χ3n) is 3.89. The van der Waals surface area contributed by atoms with Crippen molar-refractivity contribution in [2.75, 3.05) is 19.9 Å². The molecular weight excluding hydrogens is 314 g/mol. The van der Waals surface area contributed by atoms with Gasteiger partial charge in [0, 0.05) is 25.6 Å². The van der Waals surface area contributed by atoms with Crippen molar-refractivity contribution in [2.24, 2.45) is 5.92 Å². The van der Waals surface area contributed by atoms with Crippen LogP contribution in [0, 0.1) is 5.92 Å². The maximum absolute atomic E-state index is 12.2. The molecule has 23 heavy (non-hydrogen) atoms. The molecule has 0 aliphatic carbocycles. The molecule has 2 heterocycles. The Morgan fingerprint density at radius 1 is 1.26 bits per heavy atom. The number of hydrogen-bond donors (Lipinski definition) is 1. The summed E-state index contributed by atoms with van der Waals surface area (Å²) in [5.74, 6) is 1.60. The second kappa shape index (κ2) is 6.62. The maximum Gasteiger partial charge on any atom is 0.243 e. The fourth-order valence-corrected chi connectivity index (χ4v) is 2.93. The normalized spacial score (nSPS) is 16.1. The van der Waals surface area contributed by atoms with Crippen LogP contribution < -0.4 is 14.8 Å². The molecule has 1 aromatic rings. The highest BCUT2D eigenvalue weighted by Gasteiger charge is 2.29. The minimum Gasteiger partial charge on any atom is -0.454 e. The number of amides is 1. The Morgan fingerprint density at radius 3 is 2.78 bits per heavy atom. The molecular formula is C16H21N3O3S. The van der Waals surface area contributed by atoms with Gasteiger partial charge >= 0.3 is 0 Å². The highest BCUT2D eigenvalue weighted by molar-refractivity contribution is 7.80. The molecule has 124 valence electrons. The lowest BCUT2D eigenvalue weighted by molar-refractivity contribution is -0.142. The van der Waals surface area contributed by atoms with Crippen LogP contribution in [0.1, 0.15) is 25.8 Å². The summed E-state index contributed by atoms with van der Waals surface area (Å²) in [6, 6.07) is 5.82. The molecule has 7 heteroatoms. The molecule has 3 rings (SSSR count). The van der Waals surface area contributed by atoms with Gasteiger partial charge in [-0.25, -0.2) is 0 Å². The smallest absolute Gasteiger partial charge is 0.243 e. The van der Waals surface area contributed by atoms with Crippen molar-refractivity contribution < 1.29 is 14.3 Å². The Hall–Kier alpha value is -2.02. The van der Waals surface area contributed by atoms with E-state index in [0.717, 1.165) is 36.6 Å². The molecule has 0 spiro atoms. The van der Waals surface area contributed by atoms with E-state index in [4.69, 9.17) is 21.7 Å². The summed E-state index contributed by atoms with van der Waals surface area (Å²) in [5, 5.41) is 7.42. The van der Waals surface area contributed by atoms with Gasteiger partial charge in [-0.15, -0.1) is 0 Å². The number of ether oxygens (including phenoxy) is 2. The number of benzene rings is 1. The van der Waals surface area contributed by atoms with Crippen molar-refractivity contribution in [1.29, 1.82) is 0 Å². The Morgan fingerprint density at radius 2 is 2.00 bits per heavy atom. The molecule has 1 fully saturated rings. The SMILES string of the molecule is CC(C)C(=O)N1CCCN1C(=S)NCc1ccc2c(c1)OCO2. The number of rotatable bonds is 3. The maximum atomic E-state index is 12.2. The van der Waals surface area contributed by atoms with Gasteiger partial charge in [-0.3, -0.25) is 14.8 Å². The predicted octanol–water partition coefficient (Wildman–Crippen LogP) is 1.90. The lowest BCUT2D eigenvalue weighted by atomic mass is 10.2. The first kappa shape index (κ1) is 15.9. The molecule has 0 bridgehead atoms. The average Bonchev–Trinajstić information content (AvgIpc) is 3.19. The molecule has 1 amide bonds. The van der Waals surface area contributed by atoms with Crippen molar-refractivity contribution in [2.45, 2.75) is 26.8 Å². The average molecular weight is 335 g/mol. The lowest BCUT2D eigenvalue weighted by Gasteiger charge is -2.31. The predicted molar refractivity (Wildman–Crippen MR) is 89.9 cm³/mol. The lowest BCUT2D eigenvalue weighted by Crippen LogP contribution is -2.50. The molecule has 6 nitrogen and oxygen atoms in total. The van der Waals surface area contributed by atoms with Crippen LogP contribution in [0.15, 0.2) is 18.2 Å². The number of thiocarbonyl (C=S) groups is 1. The van der Waals surface area contributed by atoms with Gasteiger partial charge in [-0.2, -0.15) is 0 Å². The zero-order valence-electron chi connectivity index (χ0n) is 13.4. The fourth-order valence-electron chi connectivity index (χ4n) is 2.67. The third kappa shape index (κ3) is 3.34. The zero-order chi connectivity index (χ0) is 16.4. The molecule has 1 N–H and O–H groups in total. The molecule has 0 saturated carbocycles. The van der Waals surface area contributed by atoms with Crippen LogP contribution in [0.4, 0.5) is 0 Å². The molecule has 0 unspecified atom stereocenters. The van der Waals surface area contributed by atoms with Crippen molar-refractivity contribution in [3.8, 4) is 11.5 Å². The number of carbonyl (C=O) groups is 1. The number of carbonyl (C=O) groups excluding carboxylic acids is 1. The quantitative estimate of drug-likeness (QED) is 0.852. The van der Waals surface area contributed by atoms with Crippen LogP contribution in [-0.2, 0) is 11.3 Å². The van der Waals surface area contributed by atoms with Crippen LogP contribution in [0.25, 0.3) is 0 Å². The molecule has 1 aromatic carbocycles. The fraction of sp³-hybridized carbons (Fsp3) is 0.500. The summed E-state index contributed by atoms with van der Waals surface area (Å²) < 4.78 is 10.7. The summed E-state index contributed by atoms with van der Waals surface area (Å²) in [4.78, 5) is 12.2. The van der Waals surface area contributed by atoms with E-state index < -0.39 is 0 Å². The van der Waals surface area contributed by atoms with Gasteiger partial charge in [0.2, 0.25) is 12.7 Å². The van der Waals surface area contributed by atoms with E-state index in [9.17, 15) is 4.79 Å². The van der Waals surface area contributed by atoms with Crippen molar-refractivity contribution in [3.05, 3.63) is 23.8 Å². The second-order valence-electron chi connectivity index (χ2n) is 5.94. The van der Waals surface area contributed by atoms with E-state index in [1.165, 1.54) is 0 Å². The van der Waals surface area contributed by atoms with Crippen LogP contribution in [0.2, 0.25) is 0 Å². The highest BCUT2D eigenvalue weighted by Crippen LogP contribution is 2.32. The Bertz CT molecular complexity index is 621. The van der Waals surface area contributed by atoms with E-state index in [2.05, 4.69) is 5.32 Å². The van der Waals surface area contributed by atoms with E-state index in [0.29, 0.717) is 11.7 Å². The first-order chi connectivity index (χ1) is 11.1. The molecule has 1 saturated heterocycles. The Balaban J connectivity index is 1.59. The van der Waals surface area contributed by atoms with Crippen molar-refractivity contribution >= 4 is 23.2 Å². The highest BCUT2D eigenvalue weighted by atomic mass is 32.1. The minimum atomic E-state index is -0.0349. The van der Waals surface area contributed by atoms with E-state index in [-0.39, 0.29) is 18.6 Å². The number of hydrazine groups is 1. The van der Waals surface area contributed by atoms with Gasteiger partial charge in [-0.1, -0.05) is 19.9 Å².